The summed E-state index contributed by atoms with van der Waals surface area (Å²) in [5, 5.41) is 13.7. The highest BCUT2D eigenvalue weighted by atomic mass is 19.2. The maximum atomic E-state index is 14.3. The molecule has 0 amide bonds. The van der Waals surface area contributed by atoms with Gasteiger partial charge in [0.15, 0.2) is 23.3 Å². The first kappa shape index (κ1) is 28.0. The summed E-state index contributed by atoms with van der Waals surface area (Å²) in [7, 11) is 2.03. The van der Waals surface area contributed by atoms with Crippen molar-refractivity contribution >= 4 is 0 Å². The second-order valence-electron chi connectivity index (χ2n) is 9.61. The van der Waals surface area contributed by atoms with Crippen LogP contribution in [0.15, 0.2) is 6.07 Å². The van der Waals surface area contributed by atoms with E-state index in [0.717, 1.165) is 39.1 Å². The highest BCUT2D eigenvalue weighted by Gasteiger charge is 2.30. The van der Waals surface area contributed by atoms with Crippen LogP contribution in [-0.4, -0.2) is 75.9 Å². The van der Waals surface area contributed by atoms with E-state index in [1.165, 1.54) is 0 Å². The lowest BCUT2D eigenvalue weighted by Crippen LogP contribution is -2.56. The molecule has 0 saturated carbocycles. The van der Waals surface area contributed by atoms with Gasteiger partial charge in [-0.3, -0.25) is 4.90 Å². The molecule has 0 spiro atoms. The Balaban J connectivity index is 2.13. The van der Waals surface area contributed by atoms with Gasteiger partial charge in [-0.2, -0.15) is 0 Å². The van der Waals surface area contributed by atoms with Crippen LogP contribution in [0.2, 0.25) is 0 Å². The molecule has 1 aromatic carbocycles. The molecule has 1 fully saturated rings. The predicted octanol–water partition coefficient (Wildman–Crippen LogP) is 2.65. The van der Waals surface area contributed by atoms with Gasteiger partial charge in [-0.1, -0.05) is 0 Å². The molecule has 0 aromatic heterocycles. The minimum atomic E-state index is -1.35. The molecule has 1 heterocycles. The highest BCUT2D eigenvalue weighted by molar-refractivity contribution is 5.23. The van der Waals surface area contributed by atoms with E-state index >= 15 is 0 Å². The monoisotopic (exact) mass is 475 g/mol. The Labute approximate surface area is 196 Å². The summed E-state index contributed by atoms with van der Waals surface area (Å²) >= 11 is 0. The molecule has 5 nitrogen and oxygen atoms in total. The van der Waals surface area contributed by atoms with E-state index in [0.29, 0.717) is 26.1 Å². The third kappa shape index (κ3) is 8.47. The Kier molecular flexibility index (Phi) is 11.5. The van der Waals surface area contributed by atoms with E-state index in [2.05, 4.69) is 46.9 Å². The summed E-state index contributed by atoms with van der Waals surface area (Å²) in [4.78, 5) is 2.23. The Morgan fingerprint density at radius 2 is 1.48 bits per heavy atom. The molecule has 33 heavy (non-hydrogen) atoms. The van der Waals surface area contributed by atoms with Crippen LogP contribution in [0.5, 0.6) is 0 Å². The van der Waals surface area contributed by atoms with E-state index < -0.39 is 28.8 Å². The summed E-state index contributed by atoms with van der Waals surface area (Å²) in [6.45, 7) is 12.8. The van der Waals surface area contributed by atoms with Crippen LogP contribution in [-0.2, 0) is 6.42 Å². The Morgan fingerprint density at radius 1 is 0.909 bits per heavy atom. The van der Waals surface area contributed by atoms with Crippen molar-refractivity contribution in [3.05, 3.63) is 34.9 Å². The van der Waals surface area contributed by atoms with Gasteiger partial charge >= 0.3 is 0 Å². The standard InChI is InChI=1S/C24H41F4N5/c1-17-24(2,3)33(4)13-6-18(14-19-22(27)20(25)15-21(26)23(19)28)16-31-10-9-29-7-5-8-30-11-12-32-17/h15,17-18,29-32H,5-14,16H2,1-4H3. The first-order chi connectivity index (χ1) is 15.6. The maximum absolute atomic E-state index is 14.3. The predicted molar refractivity (Wildman–Crippen MR) is 125 cm³/mol. The van der Waals surface area contributed by atoms with E-state index in [1.807, 2.05) is 7.05 Å². The molecule has 1 aliphatic rings. The average molecular weight is 476 g/mol. The Hall–Kier alpha value is -1.26. The number of benzene rings is 1. The van der Waals surface area contributed by atoms with Crippen LogP contribution in [0.25, 0.3) is 0 Å². The average Bonchev–Trinajstić information content (AvgIpc) is 2.77. The third-order valence-corrected chi connectivity index (χ3v) is 6.98. The fourth-order valence-corrected chi connectivity index (χ4v) is 4.06. The van der Waals surface area contributed by atoms with Gasteiger partial charge in [0.05, 0.1) is 0 Å². The second kappa shape index (κ2) is 13.6. The van der Waals surface area contributed by atoms with Gasteiger partial charge in [-0.25, -0.2) is 17.6 Å². The Bertz CT molecular complexity index is 705. The first-order valence-corrected chi connectivity index (χ1v) is 12.0. The molecule has 1 aliphatic heterocycles. The molecule has 2 unspecified atom stereocenters. The normalized spacial score (nSPS) is 25.3. The van der Waals surface area contributed by atoms with Crippen molar-refractivity contribution < 1.29 is 17.6 Å². The van der Waals surface area contributed by atoms with Crippen LogP contribution in [0.4, 0.5) is 17.6 Å². The lowest BCUT2D eigenvalue weighted by Gasteiger charge is -2.41. The largest absolute Gasteiger partial charge is 0.315 e. The van der Waals surface area contributed by atoms with Crippen molar-refractivity contribution in [1.82, 2.24) is 26.2 Å². The van der Waals surface area contributed by atoms with Gasteiger partial charge in [-0.05, 0) is 79.2 Å². The van der Waals surface area contributed by atoms with Crippen LogP contribution < -0.4 is 21.3 Å². The summed E-state index contributed by atoms with van der Waals surface area (Å²) < 4.78 is 56.1. The molecule has 9 heteroatoms. The maximum Gasteiger partial charge on any atom is 0.165 e. The summed E-state index contributed by atoms with van der Waals surface area (Å²) in [5.41, 5.74) is -0.668. The number of likely N-dealkylation sites (N-methyl/N-ethyl adjacent to an activating group) is 1. The van der Waals surface area contributed by atoms with Gasteiger partial charge in [0.1, 0.15) is 0 Å². The number of halogens is 4. The molecule has 2 atom stereocenters. The number of hydrogen-bond donors (Lipinski definition) is 4. The molecule has 0 radical (unpaired) electrons. The molecule has 0 aliphatic carbocycles. The van der Waals surface area contributed by atoms with Gasteiger partial charge in [-0.15, -0.1) is 0 Å². The summed E-state index contributed by atoms with van der Waals surface area (Å²) in [5.74, 6) is -5.48. The van der Waals surface area contributed by atoms with E-state index in [4.69, 9.17) is 0 Å². The molecule has 0 bridgehead atoms. The van der Waals surface area contributed by atoms with E-state index in [1.54, 1.807) is 0 Å². The zero-order valence-corrected chi connectivity index (χ0v) is 20.5. The van der Waals surface area contributed by atoms with Crippen molar-refractivity contribution in [2.24, 2.45) is 5.92 Å². The SMILES string of the molecule is CC1NCCNCCCNCCNCC(Cc2c(F)c(F)cc(F)c2F)CCN(C)C1(C)C. The topological polar surface area (TPSA) is 51.4 Å². The zero-order valence-electron chi connectivity index (χ0n) is 20.5. The van der Waals surface area contributed by atoms with Crippen LogP contribution in [0.3, 0.4) is 0 Å². The zero-order chi connectivity index (χ0) is 24.4. The van der Waals surface area contributed by atoms with Gasteiger partial charge in [0, 0.05) is 49.4 Å². The van der Waals surface area contributed by atoms with Gasteiger partial charge in [0.2, 0.25) is 0 Å². The summed E-state index contributed by atoms with van der Waals surface area (Å²) in [6.07, 6.45) is 1.59. The highest BCUT2D eigenvalue weighted by Crippen LogP contribution is 2.25. The fourth-order valence-electron chi connectivity index (χ4n) is 4.06. The first-order valence-electron chi connectivity index (χ1n) is 12.0. The van der Waals surface area contributed by atoms with Crippen molar-refractivity contribution in [3.63, 3.8) is 0 Å². The smallest absolute Gasteiger partial charge is 0.165 e. The van der Waals surface area contributed by atoms with E-state index in [-0.39, 0.29) is 30.0 Å². The quantitative estimate of drug-likeness (QED) is 0.392. The van der Waals surface area contributed by atoms with Gasteiger partial charge < -0.3 is 21.3 Å². The van der Waals surface area contributed by atoms with Crippen molar-refractivity contribution in [2.75, 3.05) is 59.4 Å². The van der Waals surface area contributed by atoms with E-state index in [9.17, 15) is 17.6 Å². The molecular formula is C24H41F4N5. The molecule has 1 aromatic rings. The number of nitrogens with zero attached hydrogens (tertiary/aromatic N) is 1. The van der Waals surface area contributed by atoms with Crippen LogP contribution in [0, 0.1) is 29.2 Å². The number of nitrogens with one attached hydrogen (secondary N) is 4. The van der Waals surface area contributed by atoms with Crippen molar-refractivity contribution in [2.45, 2.75) is 51.6 Å². The minimum Gasteiger partial charge on any atom is -0.315 e. The molecule has 4 N–H and O–H groups in total. The fraction of sp³-hybridized carbons (Fsp3) is 0.750. The lowest BCUT2D eigenvalue weighted by atomic mass is 9.91. The Morgan fingerprint density at radius 3 is 2.12 bits per heavy atom. The number of hydrogen-bond acceptors (Lipinski definition) is 5. The second-order valence-corrected chi connectivity index (χ2v) is 9.61. The van der Waals surface area contributed by atoms with Crippen LogP contribution in [0.1, 0.15) is 39.2 Å². The summed E-state index contributed by atoms with van der Waals surface area (Å²) in [6, 6.07) is 0.482. The minimum absolute atomic E-state index is 0.0689. The van der Waals surface area contributed by atoms with Gasteiger partial charge in [0.25, 0.3) is 0 Å². The molecule has 1 saturated heterocycles. The lowest BCUT2D eigenvalue weighted by molar-refractivity contribution is 0.108. The molecule has 190 valence electrons. The number of rotatable bonds is 2. The van der Waals surface area contributed by atoms with Crippen molar-refractivity contribution in [1.29, 1.82) is 0 Å². The van der Waals surface area contributed by atoms with Crippen LogP contribution >= 0.6 is 0 Å². The molecule has 2 rings (SSSR count). The van der Waals surface area contributed by atoms with Crippen molar-refractivity contribution in [3.8, 4) is 0 Å². The third-order valence-electron chi connectivity index (χ3n) is 6.98. The molecular weight excluding hydrogens is 434 g/mol.